The average Bonchev–Trinajstić information content (AvgIpc) is 0. The van der Waals surface area contributed by atoms with Crippen LogP contribution in [0.25, 0.3) is 0 Å². The molecule has 0 amide bonds. The van der Waals surface area contributed by atoms with Crippen LogP contribution in [0.1, 0.15) is 0 Å². The molecular weight excluding hydrogens is 500 g/mol. The second-order valence-corrected chi connectivity index (χ2v) is 0. The standard InChI is InChI=1S/Au.Cu.Pb.H2S/h;;;1H2. The smallest absolute Gasteiger partial charge is 0 e. The van der Waals surface area contributed by atoms with Crippen LogP contribution >= 0.6 is 13.5 Å². The zero-order valence-corrected chi connectivity index (χ0v) is 9.60. The molecular formula is H2AuCuPbS. The molecule has 0 aliphatic carbocycles. The van der Waals surface area contributed by atoms with Crippen molar-refractivity contribution in [3.8, 4) is 0 Å². The maximum atomic E-state index is 0. The largest absolute Gasteiger partial charge is 0.197 e. The second-order valence-electron chi connectivity index (χ2n) is 0. The van der Waals surface area contributed by atoms with Crippen LogP contribution < -0.4 is 0 Å². The van der Waals surface area contributed by atoms with Crippen LogP contribution in [-0.2, 0) is 39.4 Å². The molecule has 0 bridgehead atoms. The van der Waals surface area contributed by atoms with E-state index >= 15 is 0 Å². The first kappa shape index (κ1) is 31.2. The first-order chi connectivity index (χ1) is 0. The van der Waals surface area contributed by atoms with Gasteiger partial charge in [0.15, 0.2) is 0 Å². The summed E-state index contributed by atoms with van der Waals surface area (Å²) in [5.74, 6) is 0. The topological polar surface area (TPSA) is 0 Å². The number of hydrogen-bond donors (Lipinski definition) is 0. The molecule has 0 nitrogen and oxygen atoms in total. The monoisotopic (exact) mass is 502 g/mol. The molecule has 0 heterocycles. The van der Waals surface area contributed by atoms with Crippen LogP contribution in [0.3, 0.4) is 0 Å². The van der Waals surface area contributed by atoms with E-state index in [1.54, 1.807) is 0 Å². The minimum atomic E-state index is 0. The predicted molar refractivity (Wildman–Crippen MR) is 16.1 cm³/mol. The van der Waals surface area contributed by atoms with E-state index in [0.717, 1.165) is 0 Å². The van der Waals surface area contributed by atoms with Gasteiger partial charge >= 0.3 is 0 Å². The van der Waals surface area contributed by atoms with Gasteiger partial charge in [0.05, 0.1) is 0 Å². The third kappa shape index (κ3) is 8.82. The van der Waals surface area contributed by atoms with Crippen molar-refractivity contribution in [2.24, 2.45) is 0 Å². The fourth-order valence-corrected chi connectivity index (χ4v) is 0. The molecule has 34 valence electrons. The molecule has 0 fully saturated rings. The van der Waals surface area contributed by atoms with Crippen LogP contribution in [-0.4, -0.2) is 27.3 Å². The normalized spacial score (nSPS) is 0. The van der Waals surface area contributed by atoms with Crippen molar-refractivity contribution in [1.29, 1.82) is 0 Å². The van der Waals surface area contributed by atoms with E-state index in [9.17, 15) is 0 Å². The first-order valence-electron chi connectivity index (χ1n) is 0. The summed E-state index contributed by atoms with van der Waals surface area (Å²) >= 11 is 0. The molecule has 0 atom stereocenters. The van der Waals surface area contributed by atoms with Crippen LogP contribution in [0.5, 0.6) is 0 Å². The van der Waals surface area contributed by atoms with Gasteiger partial charge in [0.25, 0.3) is 0 Å². The zero-order chi connectivity index (χ0) is 0. The first-order valence-corrected chi connectivity index (χ1v) is 0. The van der Waals surface area contributed by atoms with Crippen molar-refractivity contribution >= 4 is 40.8 Å². The Bertz CT molecular complexity index is 8.00. The van der Waals surface area contributed by atoms with E-state index < -0.39 is 0 Å². The van der Waals surface area contributed by atoms with Crippen LogP contribution in [0.15, 0.2) is 0 Å². The molecule has 0 saturated heterocycles. The van der Waals surface area contributed by atoms with E-state index in [0.29, 0.717) is 0 Å². The molecule has 0 aromatic carbocycles. The van der Waals surface area contributed by atoms with E-state index in [4.69, 9.17) is 0 Å². The molecule has 0 aliphatic rings. The predicted octanol–water partition coefficient (Wildman–Crippen LogP) is -0.273. The minimum absolute atomic E-state index is 0. The maximum absolute atomic E-state index is 0. The van der Waals surface area contributed by atoms with Gasteiger partial charge in [0, 0.05) is 66.7 Å². The van der Waals surface area contributed by atoms with Gasteiger partial charge in [-0.25, -0.2) is 0 Å². The Morgan fingerprint density at radius 2 is 1.00 bits per heavy atom. The van der Waals surface area contributed by atoms with Crippen LogP contribution in [0, 0.1) is 0 Å². The zero-order valence-electron chi connectivity index (χ0n) is 1.60. The summed E-state index contributed by atoms with van der Waals surface area (Å²) in [5, 5.41) is 0. The second kappa shape index (κ2) is 17.7. The van der Waals surface area contributed by atoms with Gasteiger partial charge in [-0.15, -0.1) is 0 Å². The van der Waals surface area contributed by atoms with Crippen molar-refractivity contribution in [3.63, 3.8) is 0 Å². The summed E-state index contributed by atoms with van der Waals surface area (Å²) in [4.78, 5) is 0. The molecule has 0 rings (SSSR count). The third-order valence-electron chi connectivity index (χ3n) is 0. The van der Waals surface area contributed by atoms with Gasteiger partial charge < -0.3 is 0 Å². The van der Waals surface area contributed by atoms with E-state index in [-0.39, 0.29) is 80.2 Å². The van der Waals surface area contributed by atoms with Gasteiger partial charge in [-0.05, 0) is 0 Å². The Morgan fingerprint density at radius 3 is 1.00 bits per heavy atom. The van der Waals surface area contributed by atoms with Crippen molar-refractivity contribution in [2.75, 3.05) is 0 Å². The summed E-state index contributed by atoms with van der Waals surface area (Å²) in [6, 6.07) is 0. The quantitative estimate of drug-likeness (QED) is 0.401. The number of hydrogen-bond acceptors (Lipinski definition) is 0. The van der Waals surface area contributed by atoms with Crippen molar-refractivity contribution in [2.45, 2.75) is 0 Å². The molecule has 6 radical (unpaired) electrons. The fraction of sp³-hybridized carbons (Fsp3) is 0. The molecule has 0 unspecified atom stereocenters. The van der Waals surface area contributed by atoms with Crippen LogP contribution in [0.2, 0.25) is 0 Å². The SMILES string of the molecule is S.[Au].[Cu].[Pb]. The Labute approximate surface area is 79.1 Å². The van der Waals surface area contributed by atoms with Gasteiger partial charge in [-0.1, -0.05) is 0 Å². The Kier molecular flexibility index (Phi) is 138. The fourth-order valence-electron chi connectivity index (χ4n) is 0. The van der Waals surface area contributed by atoms with Crippen LogP contribution in [0.4, 0.5) is 0 Å². The summed E-state index contributed by atoms with van der Waals surface area (Å²) < 4.78 is 0. The van der Waals surface area contributed by atoms with E-state index in [1.807, 2.05) is 0 Å². The van der Waals surface area contributed by atoms with Crippen molar-refractivity contribution < 1.29 is 39.4 Å². The van der Waals surface area contributed by atoms with Gasteiger partial charge in [0.1, 0.15) is 0 Å². The Hall–Kier alpha value is 2.53. The molecule has 0 spiro atoms. The Balaban J connectivity index is 0. The summed E-state index contributed by atoms with van der Waals surface area (Å²) in [6.07, 6.45) is 0. The molecule has 0 aromatic rings. The molecule has 0 saturated carbocycles. The van der Waals surface area contributed by atoms with E-state index in [2.05, 4.69) is 0 Å². The van der Waals surface area contributed by atoms with Crippen molar-refractivity contribution in [1.82, 2.24) is 0 Å². The summed E-state index contributed by atoms with van der Waals surface area (Å²) in [7, 11) is 0. The molecule has 4 heteroatoms. The van der Waals surface area contributed by atoms with Gasteiger partial charge in [-0.3, -0.25) is 0 Å². The molecule has 4 heavy (non-hydrogen) atoms. The molecule has 0 N–H and O–H groups in total. The minimum Gasteiger partial charge on any atom is -0.197 e. The summed E-state index contributed by atoms with van der Waals surface area (Å²) in [5.41, 5.74) is 0. The van der Waals surface area contributed by atoms with Gasteiger partial charge in [0.2, 0.25) is 0 Å². The summed E-state index contributed by atoms with van der Waals surface area (Å²) in [6.45, 7) is 0. The molecule has 0 aromatic heterocycles. The van der Waals surface area contributed by atoms with E-state index in [1.165, 1.54) is 0 Å². The number of rotatable bonds is 0. The van der Waals surface area contributed by atoms with Crippen molar-refractivity contribution in [3.05, 3.63) is 0 Å². The Morgan fingerprint density at radius 1 is 1.00 bits per heavy atom. The molecule has 0 aliphatic heterocycles. The van der Waals surface area contributed by atoms with Gasteiger partial charge in [-0.2, -0.15) is 13.5 Å². The maximum Gasteiger partial charge on any atom is 0 e. The average molecular weight is 502 g/mol. The third-order valence-corrected chi connectivity index (χ3v) is 0.